The molecule has 0 aliphatic carbocycles. The highest BCUT2D eigenvalue weighted by Crippen LogP contribution is 2.26. The van der Waals surface area contributed by atoms with Crippen LogP contribution < -0.4 is 0 Å². The molecule has 4 aromatic rings. The number of nitrogens with zero attached hydrogens (tertiary/aromatic N) is 3. The molecule has 4 nitrogen and oxygen atoms in total. The fourth-order valence-electron chi connectivity index (χ4n) is 3.86. The highest BCUT2D eigenvalue weighted by atomic mass is 32.1. The van der Waals surface area contributed by atoms with Crippen LogP contribution in [0.5, 0.6) is 0 Å². The van der Waals surface area contributed by atoms with E-state index < -0.39 is 0 Å². The zero-order valence-corrected chi connectivity index (χ0v) is 18.9. The van der Waals surface area contributed by atoms with Crippen LogP contribution in [0.25, 0.3) is 10.8 Å². The van der Waals surface area contributed by atoms with Crippen molar-refractivity contribution >= 4 is 28.0 Å². The summed E-state index contributed by atoms with van der Waals surface area (Å²) in [7, 11) is 0. The lowest BCUT2D eigenvalue weighted by Gasteiger charge is -2.20. The fourth-order valence-corrected chi connectivity index (χ4v) is 4.94. The molecule has 0 spiro atoms. The molecule has 0 saturated heterocycles. The first-order chi connectivity index (χ1) is 15.1. The van der Waals surface area contributed by atoms with Gasteiger partial charge in [-0.25, -0.2) is 4.98 Å². The van der Waals surface area contributed by atoms with Crippen molar-refractivity contribution in [2.45, 2.75) is 33.1 Å². The second-order valence-corrected chi connectivity index (χ2v) is 8.86. The Hall–Kier alpha value is -3.05. The van der Waals surface area contributed by atoms with Gasteiger partial charge in [0.25, 0.3) is 0 Å². The molecule has 0 bridgehead atoms. The Morgan fingerprint density at radius 3 is 2.61 bits per heavy atom. The Kier molecular flexibility index (Phi) is 6.73. The second kappa shape index (κ2) is 9.84. The number of hydrogen-bond acceptors (Lipinski definition) is 4. The number of carbonyl (C=O) groups excluding carboxylic acids is 1. The SMILES string of the molecule is CCN(CCc1ccncc1)C(=O)Cc1sc(Cc2cccc3ccccc23)nc1C. The summed E-state index contributed by atoms with van der Waals surface area (Å²) in [6, 6.07) is 18.9. The van der Waals surface area contributed by atoms with Gasteiger partial charge in [-0.05, 0) is 54.3 Å². The van der Waals surface area contributed by atoms with Crippen molar-refractivity contribution in [3.63, 3.8) is 0 Å². The molecule has 158 valence electrons. The zero-order chi connectivity index (χ0) is 21.6. The highest BCUT2D eigenvalue weighted by Gasteiger charge is 2.17. The van der Waals surface area contributed by atoms with Crippen molar-refractivity contribution in [3.8, 4) is 0 Å². The van der Waals surface area contributed by atoms with Gasteiger partial charge in [0.15, 0.2) is 0 Å². The van der Waals surface area contributed by atoms with E-state index in [1.807, 2.05) is 30.9 Å². The van der Waals surface area contributed by atoms with Gasteiger partial charge >= 0.3 is 0 Å². The number of likely N-dealkylation sites (N-methyl/N-ethyl adjacent to an activating group) is 1. The maximum Gasteiger partial charge on any atom is 0.227 e. The largest absolute Gasteiger partial charge is 0.342 e. The van der Waals surface area contributed by atoms with Crippen LogP contribution >= 0.6 is 11.3 Å². The first-order valence-electron chi connectivity index (χ1n) is 10.7. The molecular weight excluding hydrogens is 402 g/mol. The minimum Gasteiger partial charge on any atom is -0.342 e. The van der Waals surface area contributed by atoms with Crippen molar-refractivity contribution < 1.29 is 4.79 Å². The third-order valence-electron chi connectivity index (χ3n) is 5.62. The number of benzene rings is 2. The number of pyridine rings is 1. The Labute approximate surface area is 187 Å². The summed E-state index contributed by atoms with van der Waals surface area (Å²) in [5.74, 6) is 0.167. The molecule has 31 heavy (non-hydrogen) atoms. The van der Waals surface area contributed by atoms with Gasteiger partial charge in [0, 0.05) is 36.8 Å². The number of amides is 1. The van der Waals surface area contributed by atoms with E-state index in [9.17, 15) is 4.79 Å². The second-order valence-electron chi connectivity index (χ2n) is 7.69. The number of fused-ring (bicyclic) bond motifs is 1. The Bertz CT molecular complexity index is 1160. The van der Waals surface area contributed by atoms with Crippen LogP contribution in [0.4, 0.5) is 0 Å². The predicted molar refractivity (Wildman–Crippen MR) is 128 cm³/mol. The Morgan fingerprint density at radius 2 is 1.81 bits per heavy atom. The smallest absolute Gasteiger partial charge is 0.227 e. The van der Waals surface area contributed by atoms with E-state index in [1.165, 1.54) is 21.9 Å². The van der Waals surface area contributed by atoms with E-state index in [0.717, 1.165) is 35.0 Å². The van der Waals surface area contributed by atoms with E-state index in [-0.39, 0.29) is 5.91 Å². The van der Waals surface area contributed by atoms with Gasteiger partial charge in [0.1, 0.15) is 0 Å². The summed E-state index contributed by atoms with van der Waals surface area (Å²) >= 11 is 1.67. The number of hydrogen-bond donors (Lipinski definition) is 0. The van der Waals surface area contributed by atoms with Crippen molar-refractivity contribution in [3.05, 3.63) is 93.7 Å². The number of aromatic nitrogens is 2. The molecule has 5 heteroatoms. The van der Waals surface area contributed by atoms with Gasteiger partial charge in [-0.15, -0.1) is 11.3 Å². The Balaban J connectivity index is 1.43. The van der Waals surface area contributed by atoms with Crippen molar-refractivity contribution in [2.24, 2.45) is 0 Å². The molecular formula is C26H27N3OS. The summed E-state index contributed by atoms with van der Waals surface area (Å²) in [4.78, 5) is 24.8. The van der Waals surface area contributed by atoms with Gasteiger partial charge < -0.3 is 4.90 Å². The predicted octanol–water partition coefficient (Wildman–Crippen LogP) is 5.22. The maximum atomic E-state index is 13.0. The minimum absolute atomic E-state index is 0.167. The molecule has 2 aromatic heterocycles. The lowest BCUT2D eigenvalue weighted by Crippen LogP contribution is -2.33. The van der Waals surface area contributed by atoms with Crippen molar-refractivity contribution in [2.75, 3.05) is 13.1 Å². The van der Waals surface area contributed by atoms with Crippen LogP contribution in [-0.2, 0) is 24.1 Å². The molecule has 0 fully saturated rings. The number of aryl methyl sites for hydroxylation is 1. The molecule has 0 saturated carbocycles. The van der Waals surface area contributed by atoms with Gasteiger partial charge in [0.2, 0.25) is 5.91 Å². The summed E-state index contributed by atoms with van der Waals surface area (Å²) in [6.07, 6.45) is 5.65. The number of carbonyl (C=O) groups is 1. The molecule has 4 rings (SSSR count). The molecule has 1 amide bonds. The molecule has 0 aliphatic rings. The molecule has 0 radical (unpaired) electrons. The van der Waals surface area contributed by atoms with Crippen LogP contribution in [0, 0.1) is 6.92 Å². The normalized spacial score (nSPS) is 11.0. The summed E-state index contributed by atoms with van der Waals surface area (Å²) in [5, 5.41) is 3.58. The van der Waals surface area contributed by atoms with Gasteiger partial charge in [-0.2, -0.15) is 0 Å². The Morgan fingerprint density at radius 1 is 1.03 bits per heavy atom. The monoisotopic (exact) mass is 429 g/mol. The van der Waals surface area contributed by atoms with E-state index in [4.69, 9.17) is 4.98 Å². The summed E-state index contributed by atoms with van der Waals surface area (Å²) in [5.41, 5.74) is 3.45. The zero-order valence-electron chi connectivity index (χ0n) is 18.0. The van der Waals surface area contributed by atoms with Crippen LogP contribution in [0.15, 0.2) is 67.0 Å². The van der Waals surface area contributed by atoms with Crippen LogP contribution in [0.3, 0.4) is 0 Å². The lowest BCUT2D eigenvalue weighted by molar-refractivity contribution is -0.130. The number of thiazole rings is 1. The van der Waals surface area contributed by atoms with Gasteiger partial charge in [-0.1, -0.05) is 42.5 Å². The fraction of sp³-hybridized carbons (Fsp3) is 0.269. The van der Waals surface area contributed by atoms with Crippen LogP contribution in [-0.4, -0.2) is 33.9 Å². The molecule has 0 unspecified atom stereocenters. The standard InChI is InChI=1S/C26H27N3OS/c1-3-29(16-13-20-11-14-27-15-12-20)26(30)18-24-19(2)28-25(31-24)17-22-9-6-8-21-7-4-5-10-23(21)22/h4-12,14-15H,3,13,16-18H2,1-2H3. The lowest BCUT2D eigenvalue weighted by atomic mass is 10.0. The molecule has 0 aliphatic heterocycles. The van der Waals surface area contributed by atoms with E-state index in [0.29, 0.717) is 13.0 Å². The molecule has 0 atom stereocenters. The quantitative estimate of drug-likeness (QED) is 0.386. The first kappa shape index (κ1) is 21.2. The highest BCUT2D eigenvalue weighted by molar-refractivity contribution is 7.11. The van der Waals surface area contributed by atoms with Gasteiger partial charge in [0.05, 0.1) is 17.1 Å². The summed E-state index contributed by atoms with van der Waals surface area (Å²) in [6.45, 7) is 5.49. The first-order valence-corrected chi connectivity index (χ1v) is 11.5. The third kappa shape index (κ3) is 5.17. The third-order valence-corrected chi connectivity index (χ3v) is 6.78. The topological polar surface area (TPSA) is 46.1 Å². The summed E-state index contributed by atoms with van der Waals surface area (Å²) < 4.78 is 0. The van der Waals surface area contributed by atoms with Gasteiger partial charge in [-0.3, -0.25) is 9.78 Å². The number of rotatable bonds is 8. The van der Waals surface area contributed by atoms with Crippen molar-refractivity contribution in [1.82, 2.24) is 14.9 Å². The maximum absolute atomic E-state index is 13.0. The van der Waals surface area contributed by atoms with E-state index >= 15 is 0 Å². The van der Waals surface area contributed by atoms with E-state index in [1.54, 1.807) is 23.7 Å². The minimum atomic E-state index is 0.167. The average Bonchev–Trinajstić information content (AvgIpc) is 3.13. The molecule has 0 N–H and O–H groups in total. The molecule has 2 aromatic carbocycles. The average molecular weight is 430 g/mol. The van der Waals surface area contributed by atoms with E-state index in [2.05, 4.69) is 47.4 Å². The van der Waals surface area contributed by atoms with Crippen LogP contribution in [0.1, 0.15) is 33.6 Å². The van der Waals surface area contributed by atoms with Crippen molar-refractivity contribution in [1.29, 1.82) is 0 Å². The molecule has 2 heterocycles. The van der Waals surface area contributed by atoms with Crippen LogP contribution in [0.2, 0.25) is 0 Å².